The molecule has 0 heterocycles. The molecule has 1 spiro atoms. The standard InChI is InChI=1S/C25H34O3/c1-17-22-15-20-9-8-19(5-3-4-14-26)25(22,16-23(17)28)24(20,2)13-12-18-6-10-21(27)11-7-18/h6-7,10-11,19-20,26-27H,3-5,8-9,12-16H2,1-2H3/t19-,20-,24+,25+/m1/s1. The van der Waals surface area contributed by atoms with Gasteiger partial charge >= 0.3 is 0 Å². The van der Waals surface area contributed by atoms with Gasteiger partial charge in [0.2, 0.25) is 0 Å². The second-order valence-corrected chi connectivity index (χ2v) is 9.65. The molecule has 2 bridgehead atoms. The van der Waals surface area contributed by atoms with Crippen LogP contribution in [0.25, 0.3) is 0 Å². The number of allylic oxidation sites excluding steroid dienone is 2. The molecule has 4 rings (SSSR count). The first-order valence-corrected chi connectivity index (χ1v) is 11.0. The van der Waals surface area contributed by atoms with E-state index in [2.05, 4.69) is 13.8 Å². The minimum atomic E-state index is 0.0451. The molecule has 3 heteroatoms. The van der Waals surface area contributed by atoms with Crippen molar-refractivity contribution in [3.63, 3.8) is 0 Å². The number of aromatic hydroxyl groups is 1. The van der Waals surface area contributed by atoms with Crippen molar-refractivity contribution >= 4 is 5.78 Å². The number of benzene rings is 1. The fourth-order valence-corrected chi connectivity index (χ4v) is 7.03. The quantitative estimate of drug-likeness (QED) is 0.637. The third-order valence-corrected chi connectivity index (χ3v) is 8.61. The van der Waals surface area contributed by atoms with Crippen molar-refractivity contribution in [2.75, 3.05) is 6.61 Å². The van der Waals surface area contributed by atoms with E-state index in [0.29, 0.717) is 29.8 Å². The normalized spacial score (nSPS) is 34.2. The summed E-state index contributed by atoms with van der Waals surface area (Å²) in [5.74, 6) is 1.94. The Labute approximate surface area is 168 Å². The zero-order valence-electron chi connectivity index (χ0n) is 17.3. The Kier molecular flexibility index (Phi) is 5.16. The van der Waals surface area contributed by atoms with E-state index in [4.69, 9.17) is 0 Å². The average Bonchev–Trinajstić information content (AvgIpc) is 2.98. The van der Waals surface area contributed by atoms with Gasteiger partial charge in [-0.15, -0.1) is 0 Å². The number of hydrogen-bond donors (Lipinski definition) is 2. The number of aliphatic hydroxyl groups is 1. The lowest BCUT2D eigenvalue weighted by Gasteiger charge is -2.54. The van der Waals surface area contributed by atoms with Gasteiger partial charge in [-0.25, -0.2) is 0 Å². The first kappa shape index (κ1) is 19.7. The smallest absolute Gasteiger partial charge is 0.159 e. The third kappa shape index (κ3) is 2.85. The van der Waals surface area contributed by atoms with Crippen molar-refractivity contribution in [1.82, 2.24) is 0 Å². The molecule has 0 unspecified atom stereocenters. The fraction of sp³-hybridized carbons (Fsp3) is 0.640. The summed E-state index contributed by atoms with van der Waals surface area (Å²) in [5.41, 5.74) is 4.03. The molecular weight excluding hydrogens is 348 g/mol. The van der Waals surface area contributed by atoms with Crippen molar-refractivity contribution < 1.29 is 15.0 Å². The Balaban J connectivity index is 1.65. The van der Waals surface area contributed by atoms with E-state index in [-0.39, 0.29) is 17.4 Å². The number of carbonyl (C=O) groups excluding carboxylic acids is 1. The number of hydrogen-bond acceptors (Lipinski definition) is 3. The molecule has 2 N–H and O–H groups in total. The highest BCUT2D eigenvalue weighted by molar-refractivity contribution is 6.00. The Morgan fingerprint density at radius 3 is 2.61 bits per heavy atom. The molecule has 2 saturated carbocycles. The Hall–Kier alpha value is -1.61. The lowest BCUT2D eigenvalue weighted by molar-refractivity contribution is -0.121. The van der Waals surface area contributed by atoms with E-state index in [1.54, 1.807) is 12.1 Å². The van der Waals surface area contributed by atoms with Crippen LogP contribution in [0.1, 0.15) is 70.8 Å². The van der Waals surface area contributed by atoms with Gasteiger partial charge in [0.05, 0.1) is 0 Å². The molecule has 0 radical (unpaired) electrons. The Bertz CT molecular complexity index is 777. The van der Waals surface area contributed by atoms with Crippen LogP contribution < -0.4 is 0 Å². The summed E-state index contributed by atoms with van der Waals surface area (Å²) in [7, 11) is 0. The minimum absolute atomic E-state index is 0.0451. The molecule has 0 saturated heterocycles. The second-order valence-electron chi connectivity index (χ2n) is 9.65. The highest BCUT2D eigenvalue weighted by Crippen LogP contribution is 2.74. The van der Waals surface area contributed by atoms with Gasteiger partial charge in [0.25, 0.3) is 0 Å². The van der Waals surface area contributed by atoms with Gasteiger partial charge in [0.1, 0.15) is 5.75 Å². The van der Waals surface area contributed by atoms with Gasteiger partial charge in [0, 0.05) is 18.4 Å². The van der Waals surface area contributed by atoms with Crippen molar-refractivity contribution in [1.29, 1.82) is 0 Å². The lowest BCUT2D eigenvalue weighted by atomic mass is 9.49. The zero-order valence-corrected chi connectivity index (χ0v) is 17.3. The van der Waals surface area contributed by atoms with Crippen LogP contribution in [0, 0.1) is 22.7 Å². The van der Waals surface area contributed by atoms with Gasteiger partial charge in [0.15, 0.2) is 5.78 Å². The molecule has 1 aromatic rings. The zero-order chi connectivity index (χ0) is 19.9. The van der Waals surface area contributed by atoms with E-state index in [1.165, 1.54) is 24.0 Å². The van der Waals surface area contributed by atoms with Crippen LogP contribution in [0.4, 0.5) is 0 Å². The molecule has 1 aromatic carbocycles. The second kappa shape index (κ2) is 7.33. The van der Waals surface area contributed by atoms with E-state index in [9.17, 15) is 15.0 Å². The summed E-state index contributed by atoms with van der Waals surface area (Å²) < 4.78 is 0. The van der Waals surface area contributed by atoms with Crippen molar-refractivity contribution in [2.24, 2.45) is 22.7 Å². The maximum absolute atomic E-state index is 12.8. The van der Waals surface area contributed by atoms with Crippen LogP contribution in [-0.2, 0) is 11.2 Å². The first-order chi connectivity index (χ1) is 13.4. The Morgan fingerprint density at radius 1 is 1.14 bits per heavy atom. The van der Waals surface area contributed by atoms with Crippen molar-refractivity contribution in [2.45, 2.75) is 71.6 Å². The average molecular weight is 383 g/mol. The maximum atomic E-state index is 12.8. The molecule has 152 valence electrons. The van der Waals surface area contributed by atoms with E-state index in [1.807, 2.05) is 12.1 Å². The van der Waals surface area contributed by atoms with Gasteiger partial charge in [-0.2, -0.15) is 0 Å². The van der Waals surface area contributed by atoms with Gasteiger partial charge in [-0.3, -0.25) is 4.79 Å². The number of carbonyl (C=O) groups is 1. The highest BCUT2D eigenvalue weighted by Gasteiger charge is 2.67. The number of phenols is 1. The van der Waals surface area contributed by atoms with Crippen molar-refractivity contribution in [3.05, 3.63) is 41.0 Å². The largest absolute Gasteiger partial charge is 0.508 e. The van der Waals surface area contributed by atoms with E-state index < -0.39 is 0 Å². The highest BCUT2D eigenvalue weighted by atomic mass is 16.3. The molecule has 2 fully saturated rings. The number of aliphatic hydroxyl groups excluding tert-OH is 1. The summed E-state index contributed by atoms with van der Waals surface area (Å²) >= 11 is 0. The van der Waals surface area contributed by atoms with Crippen LogP contribution in [0.2, 0.25) is 0 Å². The summed E-state index contributed by atoms with van der Waals surface area (Å²) in [5, 5.41) is 18.8. The number of rotatable bonds is 7. The van der Waals surface area contributed by atoms with Crippen LogP contribution in [0.15, 0.2) is 35.4 Å². The number of unbranched alkanes of at least 4 members (excludes halogenated alkanes) is 1. The van der Waals surface area contributed by atoms with Crippen molar-refractivity contribution in [3.8, 4) is 5.75 Å². The number of Topliss-reactive ketones (excluding diaryl/α,β-unsaturated/α-hetero) is 1. The summed E-state index contributed by atoms with van der Waals surface area (Å²) in [6, 6.07) is 7.61. The maximum Gasteiger partial charge on any atom is 0.159 e. The molecule has 0 aromatic heterocycles. The number of fused-ring (bicyclic) bond motifs is 1. The minimum Gasteiger partial charge on any atom is -0.508 e. The SMILES string of the molecule is CC1=C2C[C@H]3CC[C@@H](CCCCO)[C@]2(CC1=O)[C@@]3(C)CCc1ccc(O)cc1. The first-order valence-electron chi connectivity index (χ1n) is 11.0. The fourth-order valence-electron chi connectivity index (χ4n) is 7.03. The van der Waals surface area contributed by atoms with Gasteiger partial charge in [-0.05, 0) is 92.4 Å². The van der Waals surface area contributed by atoms with E-state index in [0.717, 1.165) is 44.1 Å². The summed E-state index contributed by atoms with van der Waals surface area (Å²) in [6.45, 7) is 4.80. The van der Waals surface area contributed by atoms with Crippen LogP contribution >= 0.6 is 0 Å². The predicted octanol–water partition coefficient (Wildman–Crippen LogP) is 5.20. The Morgan fingerprint density at radius 2 is 1.89 bits per heavy atom. The lowest BCUT2D eigenvalue weighted by Crippen LogP contribution is -2.48. The summed E-state index contributed by atoms with van der Waals surface area (Å²) in [6.07, 6.45) is 9.47. The van der Waals surface area contributed by atoms with Crippen LogP contribution in [0.5, 0.6) is 5.75 Å². The molecule has 3 aliphatic carbocycles. The molecule has 4 atom stereocenters. The third-order valence-electron chi connectivity index (χ3n) is 8.61. The molecule has 28 heavy (non-hydrogen) atoms. The molecule has 3 aliphatic rings. The molecule has 0 amide bonds. The van der Waals surface area contributed by atoms with Crippen LogP contribution in [-0.4, -0.2) is 22.6 Å². The van der Waals surface area contributed by atoms with E-state index >= 15 is 0 Å². The van der Waals surface area contributed by atoms with Gasteiger partial charge in [-0.1, -0.05) is 31.1 Å². The number of aryl methyl sites for hydroxylation is 1. The van der Waals surface area contributed by atoms with Gasteiger partial charge < -0.3 is 10.2 Å². The molecule has 3 nitrogen and oxygen atoms in total. The van der Waals surface area contributed by atoms with Crippen LogP contribution in [0.3, 0.4) is 0 Å². The monoisotopic (exact) mass is 382 g/mol. The number of ketones is 1. The molecule has 0 aliphatic heterocycles. The summed E-state index contributed by atoms with van der Waals surface area (Å²) in [4.78, 5) is 12.8. The predicted molar refractivity (Wildman–Crippen MR) is 111 cm³/mol. The topological polar surface area (TPSA) is 57.5 Å². The molecular formula is C25H34O3. The number of phenolic OH excluding ortho intramolecular Hbond substituents is 1.